The van der Waals surface area contributed by atoms with Gasteiger partial charge in [-0.05, 0) is 22.3 Å². The SMILES string of the molecule is O=CCCO[C@H]1O[C@H](COCc2ccccc2)[C@@H](OCc2ccccc2)[C@H](OCc2ccccc2)[C@@H]1OCc1ccccc1. The summed E-state index contributed by atoms with van der Waals surface area (Å²) in [6.45, 7) is 1.90. The van der Waals surface area contributed by atoms with Crippen molar-refractivity contribution in [3.05, 3.63) is 144 Å². The summed E-state index contributed by atoms with van der Waals surface area (Å²) >= 11 is 0. The van der Waals surface area contributed by atoms with Crippen LogP contribution in [-0.4, -0.2) is 50.2 Å². The van der Waals surface area contributed by atoms with Crippen LogP contribution < -0.4 is 0 Å². The molecule has 7 nitrogen and oxygen atoms in total. The van der Waals surface area contributed by atoms with E-state index in [0.29, 0.717) is 26.4 Å². The lowest BCUT2D eigenvalue weighted by Gasteiger charge is -2.45. The second kappa shape index (κ2) is 17.6. The van der Waals surface area contributed by atoms with Crippen LogP contribution >= 0.6 is 0 Å². The number of carbonyl (C=O) groups is 1. The summed E-state index contributed by atoms with van der Waals surface area (Å²) in [5.41, 5.74) is 4.13. The van der Waals surface area contributed by atoms with Gasteiger partial charge < -0.3 is 33.2 Å². The molecule has 0 amide bonds. The fourth-order valence-corrected chi connectivity index (χ4v) is 5.11. The summed E-state index contributed by atoms with van der Waals surface area (Å²) in [5, 5.41) is 0. The van der Waals surface area contributed by atoms with Gasteiger partial charge >= 0.3 is 0 Å². The summed E-state index contributed by atoms with van der Waals surface area (Å²) in [6, 6.07) is 40.0. The highest BCUT2D eigenvalue weighted by Crippen LogP contribution is 2.31. The Balaban J connectivity index is 1.42. The molecular formula is C37H40O7. The minimum atomic E-state index is -0.804. The third-order valence-corrected chi connectivity index (χ3v) is 7.36. The number of ether oxygens (including phenoxy) is 6. The number of aldehydes is 1. The Morgan fingerprint density at radius 1 is 0.523 bits per heavy atom. The van der Waals surface area contributed by atoms with Gasteiger partial charge in [0.15, 0.2) is 6.29 Å². The van der Waals surface area contributed by atoms with E-state index in [1.165, 1.54) is 0 Å². The third kappa shape index (κ3) is 9.66. The Labute approximate surface area is 259 Å². The molecule has 5 rings (SSSR count). The van der Waals surface area contributed by atoms with E-state index in [-0.39, 0.29) is 19.6 Å². The van der Waals surface area contributed by atoms with Gasteiger partial charge in [0.25, 0.3) is 0 Å². The summed E-state index contributed by atoms with van der Waals surface area (Å²) in [5.74, 6) is 0. The predicted molar refractivity (Wildman–Crippen MR) is 166 cm³/mol. The fraction of sp³-hybridized carbons (Fsp3) is 0.324. The molecule has 0 aromatic heterocycles. The molecule has 5 atom stereocenters. The number of hydrogen-bond acceptors (Lipinski definition) is 7. The number of benzene rings is 4. The van der Waals surface area contributed by atoms with Gasteiger partial charge in [-0.15, -0.1) is 0 Å². The molecule has 1 heterocycles. The van der Waals surface area contributed by atoms with E-state index in [4.69, 9.17) is 28.4 Å². The number of hydrogen-bond donors (Lipinski definition) is 0. The highest BCUT2D eigenvalue weighted by Gasteiger charge is 2.49. The maximum atomic E-state index is 11.2. The van der Waals surface area contributed by atoms with Crippen molar-refractivity contribution in [1.82, 2.24) is 0 Å². The molecule has 7 heteroatoms. The van der Waals surface area contributed by atoms with Crippen molar-refractivity contribution in [2.24, 2.45) is 0 Å². The Morgan fingerprint density at radius 2 is 0.955 bits per heavy atom. The Morgan fingerprint density at radius 3 is 1.43 bits per heavy atom. The smallest absolute Gasteiger partial charge is 0.186 e. The van der Waals surface area contributed by atoms with Gasteiger partial charge in [-0.25, -0.2) is 0 Å². The van der Waals surface area contributed by atoms with Crippen molar-refractivity contribution >= 4 is 6.29 Å². The summed E-state index contributed by atoms with van der Waals surface area (Å²) in [7, 11) is 0. The van der Waals surface area contributed by atoms with Crippen molar-refractivity contribution in [3.8, 4) is 0 Å². The van der Waals surface area contributed by atoms with Crippen molar-refractivity contribution in [3.63, 3.8) is 0 Å². The van der Waals surface area contributed by atoms with Gasteiger partial charge in [-0.3, -0.25) is 0 Å². The van der Waals surface area contributed by atoms with E-state index in [1.807, 2.05) is 121 Å². The van der Waals surface area contributed by atoms with Crippen LogP contribution in [0.4, 0.5) is 0 Å². The summed E-state index contributed by atoms with van der Waals surface area (Å²) in [4.78, 5) is 11.2. The Bertz CT molecular complexity index is 1340. The molecule has 0 bridgehead atoms. The van der Waals surface area contributed by atoms with Crippen molar-refractivity contribution in [2.75, 3.05) is 13.2 Å². The van der Waals surface area contributed by atoms with Crippen molar-refractivity contribution < 1.29 is 33.2 Å². The largest absolute Gasteiger partial charge is 0.374 e. The van der Waals surface area contributed by atoms with Crippen LogP contribution in [0.2, 0.25) is 0 Å². The van der Waals surface area contributed by atoms with Crippen LogP contribution in [0.15, 0.2) is 121 Å². The summed E-state index contributed by atoms with van der Waals surface area (Å²) in [6.07, 6.45) is -2.01. The molecule has 44 heavy (non-hydrogen) atoms. The van der Waals surface area contributed by atoms with Crippen LogP contribution in [0.5, 0.6) is 0 Å². The second-order valence-corrected chi connectivity index (χ2v) is 10.7. The maximum Gasteiger partial charge on any atom is 0.186 e. The van der Waals surface area contributed by atoms with E-state index in [0.717, 1.165) is 28.5 Å². The van der Waals surface area contributed by atoms with E-state index < -0.39 is 30.7 Å². The van der Waals surface area contributed by atoms with E-state index in [1.54, 1.807) is 0 Å². The second-order valence-electron chi connectivity index (χ2n) is 10.7. The predicted octanol–water partition coefficient (Wildman–Crippen LogP) is 6.29. The molecule has 1 fully saturated rings. The molecule has 0 saturated carbocycles. The first kappa shape index (κ1) is 31.7. The normalized spacial score (nSPS) is 21.6. The Kier molecular flexibility index (Phi) is 12.7. The average molecular weight is 597 g/mol. The van der Waals surface area contributed by atoms with Gasteiger partial charge in [-0.1, -0.05) is 121 Å². The molecule has 1 aliphatic heterocycles. The number of carbonyl (C=O) groups excluding carboxylic acids is 1. The zero-order valence-corrected chi connectivity index (χ0v) is 24.8. The molecule has 0 spiro atoms. The summed E-state index contributed by atoms with van der Waals surface area (Å²) < 4.78 is 38.7. The van der Waals surface area contributed by atoms with Crippen LogP contribution in [0.1, 0.15) is 28.7 Å². The maximum absolute atomic E-state index is 11.2. The molecule has 4 aromatic carbocycles. The minimum Gasteiger partial charge on any atom is -0.374 e. The zero-order valence-electron chi connectivity index (χ0n) is 24.8. The first-order chi connectivity index (χ1) is 21.8. The lowest BCUT2D eigenvalue weighted by molar-refractivity contribution is -0.328. The topological polar surface area (TPSA) is 72.5 Å². The van der Waals surface area contributed by atoms with E-state index in [2.05, 4.69) is 0 Å². The molecule has 0 radical (unpaired) electrons. The van der Waals surface area contributed by atoms with Gasteiger partial charge in [0.1, 0.15) is 30.7 Å². The van der Waals surface area contributed by atoms with Crippen molar-refractivity contribution in [2.45, 2.75) is 63.6 Å². The van der Waals surface area contributed by atoms with E-state index >= 15 is 0 Å². The van der Waals surface area contributed by atoms with Crippen LogP contribution in [0.25, 0.3) is 0 Å². The number of rotatable bonds is 17. The van der Waals surface area contributed by atoms with Gasteiger partial charge in [0, 0.05) is 6.42 Å². The first-order valence-corrected chi connectivity index (χ1v) is 15.1. The quantitative estimate of drug-likeness (QED) is 0.105. The standard InChI is InChI=1S/C37H40O7/c38-22-13-23-40-37-36(43-27-32-20-11-4-12-21-32)35(42-26-31-18-9-3-10-19-31)34(41-25-30-16-7-2-8-17-30)33(44-37)28-39-24-29-14-5-1-6-15-29/h1-12,14-22,33-37H,13,23-28H2/t33-,34-,35+,36+,37+/m1/s1. The monoisotopic (exact) mass is 596 g/mol. The minimum absolute atomic E-state index is 0.192. The van der Waals surface area contributed by atoms with Crippen LogP contribution in [-0.2, 0) is 59.6 Å². The third-order valence-electron chi connectivity index (χ3n) is 7.36. The highest BCUT2D eigenvalue weighted by atomic mass is 16.7. The van der Waals surface area contributed by atoms with Gasteiger partial charge in [-0.2, -0.15) is 0 Å². The molecule has 0 aliphatic carbocycles. The molecular weight excluding hydrogens is 556 g/mol. The highest BCUT2D eigenvalue weighted by molar-refractivity contribution is 5.49. The van der Waals surface area contributed by atoms with Crippen LogP contribution in [0, 0.1) is 0 Å². The van der Waals surface area contributed by atoms with E-state index in [9.17, 15) is 4.79 Å². The first-order valence-electron chi connectivity index (χ1n) is 15.1. The fourth-order valence-electron chi connectivity index (χ4n) is 5.11. The molecule has 1 saturated heterocycles. The zero-order chi connectivity index (χ0) is 30.2. The molecule has 0 N–H and O–H groups in total. The molecule has 4 aromatic rings. The Hall–Kier alpha value is -3.69. The lowest BCUT2D eigenvalue weighted by atomic mass is 9.97. The molecule has 1 aliphatic rings. The van der Waals surface area contributed by atoms with Crippen molar-refractivity contribution in [1.29, 1.82) is 0 Å². The van der Waals surface area contributed by atoms with Crippen LogP contribution in [0.3, 0.4) is 0 Å². The van der Waals surface area contributed by atoms with Gasteiger partial charge in [0.2, 0.25) is 0 Å². The molecule has 230 valence electrons. The van der Waals surface area contributed by atoms with Gasteiger partial charge in [0.05, 0.1) is 39.6 Å². The lowest BCUT2D eigenvalue weighted by Crippen LogP contribution is -2.61. The molecule has 0 unspecified atom stereocenters. The average Bonchev–Trinajstić information content (AvgIpc) is 3.08.